The molecule has 4 rings (SSSR count). The first-order valence-electron chi connectivity index (χ1n) is 11.2. The van der Waals surface area contributed by atoms with Crippen molar-refractivity contribution < 1.29 is 18.7 Å². The minimum Gasteiger partial charge on any atom is -0.497 e. The van der Waals surface area contributed by atoms with Crippen molar-refractivity contribution in [3.8, 4) is 17.2 Å². The minimum atomic E-state index is -0.529. The van der Waals surface area contributed by atoms with Crippen molar-refractivity contribution in [2.75, 3.05) is 12.4 Å². The number of rotatable bonds is 8. The van der Waals surface area contributed by atoms with E-state index in [0.29, 0.717) is 20.8 Å². The Hall–Kier alpha value is -3.93. The zero-order valence-electron chi connectivity index (χ0n) is 20.3. The van der Waals surface area contributed by atoms with Gasteiger partial charge in [0, 0.05) is 29.4 Å². The number of aryl methyl sites for hydroxylation is 1. The van der Waals surface area contributed by atoms with E-state index in [2.05, 4.69) is 15.6 Å². The number of pyridine rings is 2. The van der Waals surface area contributed by atoms with Crippen molar-refractivity contribution in [1.82, 2.24) is 14.9 Å². The van der Waals surface area contributed by atoms with Crippen molar-refractivity contribution >= 4 is 40.0 Å². The van der Waals surface area contributed by atoms with Crippen molar-refractivity contribution in [3.05, 3.63) is 103 Å². The van der Waals surface area contributed by atoms with Gasteiger partial charge in [-0.15, -0.1) is 0 Å². The molecule has 37 heavy (non-hydrogen) atoms. The van der Waals surface area contributed by atoms with E-state index in [-0.39, 0.29) is 29.4 Å². The summed E-state index contributed by atoms with van der Waals surface area (Å²) in [5, 5.41) is 5.79. The molecule has 0 aliphatic heterocycles. The molecule has 190 valence electrons. The molecule has 0 radical (unpaired) electrons. The normalized spacial score (nSPS) is 10.6. The highest BCUT2D eigenvalue weighted by Gasteiger charge is 2.24. The Bertz CT molecular complexity index is 1510. The van der Waals surface area contributed by atoms with E-state index >= 15 is 0 Å². The second-order valence-electron chi connectivity index (χ2n) is 8.10. The largest absolute Gasteiger partial charge is 0.497 e. The van der Waals surface area contributed by atoms with Gasteiger partial charge in [0.2, 0.25) is 0 Å². The van der Waals surface area contributed by atoms with Crippen molar-refractivity contribution in [3.63, 3.8) is 0 Å². The predicted molar refractivity (Wildman–Crippen MR) is 147 cm³/mol. The average Bonchev–Trinajstić information content (AvgIpc) is 2.88. The summed E-state index contributed by atoms with van der Waals surface area (Å²) < 4.78 is 27.9. The van der Waals surface area contributed by atoms with E-state index in [4.69, 9.17) is 9.47 Å². The van der Waals surface area contributed by atoms with Gasteiger partial charge in [0.05, 0.1) is 18.5 Å². The van der Waals surface area contributed by atoms with Crippen LogP contribution in [0.15, 0.2) is 71.7 Å². The summed E-state index contributed by atoms with van der Waals surface area (Å²) >= 11 is 2.00. The number of benzene rings is 2. The molecule has 2 aromatic heterocycles. The predicted octanol–water partition coefficient (Wildman–Crippen LogP) is 5.31. The van der Waals surface area contributed by atoms with Crippen LogP contribution in [0.5, 0.6) is 17.2 Å². The van der Waals surface area contributed by atoms with Crippen molar-refractivity contribution in [2.24, 2.45) is 7.05 Å². The molecule has 0 spiro atoms. The smallest absolute Gasteiger partial charge is 0.259 e. The van der Waals surface area contributed by atoms with E-state index < -0.39 is 17.3 Å². The van der Waals surface area contributed by atoms with Gasteiger partial charge in [-0.25, -0.2) is 4.39 Å². The molecule has 2 aromatic carbocycles. The average molecular weight is 614 g/mol. The highest BCUT2D eigenvalue weighted by molar-refractivity contribution is 14.1. The summed E-state index contributed by atoms with van der Waals surface area (Å²) in [6.07, 6.45) is 1.61. The third-order valence-electron chi connectivity index (χ3n) is 5.61. The minimum absolute atomic E-state index is 0.0138. The van der Waals surface area contributed by atoms with Crippen LogP contribution in [0.25, 0.3) is 0 Å². The number of carbonyl (C=O) groups is 1. The van der Waals surface area contributed by atoms with Crippen LogP contribution < -0.4 is 25.7 Å². The number of amides is 1. The van der Waals surface area contributed by atoms with Crippen LogP contribution in [0.3, 0.4) is 0 Å². The zero-order valence-corrected chi connectivity index (χ0v) is 22.5. The molecule has 0 saturated heterocycles. The highest BCUT2D eigenvalue weighted by Crippen LogP contribution is 2.32. The molecule has 8 nitrogen and oxygen atoms in total. The molecule has 0 unspecified atom stereocenters. The van der Waals surface area contributed by atoms with Crippen molar-refractivity contribution in [1.29, 1.82) is 0 Å². The number of nitrogens with zero attached hydrogens (tertiary/aromatic N) is 2. The fraction of sp³-hybridized carbons (Fsp3) is 0.148. The SMILES string of the molecule is COc1ccc(CNC(=O)c2c(Oc3cccnc3C)cc(=O)n(C)c2Nc2ccc(I)cc2F)cc1. The van der Waals surface area contributed by atoms with Gasteiger partial charge in [-0.05, 0) is 77.5 Å². The maximum Gasteiger partial charge on any atom is 0.259 e. The topological polar surface area (TPSA) is 94.5 Å². The Labute approximate surface area is 226 Å². The van der Waals surface area contributed by atoms with Crippen LogP contribution in [0.4, 0.5) is 15.9 Å². The van der Waals surface area contributed by atoms with Crippen molar-refractivity contribution in [2.45, 2.75) is 13.5 Å². The molecule has 1 amide bonds. The molecule has 2 N–H and O–H groups in total. The molecular weight excluding hydrogens is 590 g/mol. The molecule has 0 atom stereocenters. The van der Waals surface area contributed by atoms with E-state index in [1.807, 2.05) is 34.7 Å². The molecule has 2 heterocycles. The number of anilines is 2. The Morgan fingerprint density at radius 3 is 2.54 bits per heavy atom. The van der Waals surface area contributed by atoms with Crippen LogP contribution in [0.1, 0.15) is 21.6 Å². The van der Waals surface area contributed by atoms with E-state index in [9.17, 15) is 14.0 Å². The Balaban J connectivity index is 1.77. The fourth-order valence-corrected chi connectivity index (χ4v) is 4.00. The summed E-state index contributed by atoms with van der Waals surface area (Å²) in [6.45, 7) is 1.95. The lowest BCUT2D eigenvalue weighted by Crippen LogP contribution is -2.29. The number of carbonyl (C=O) groups excluding carboxylic acids is 1. The maximum absolute atomic E-state index is 14.7. The van der Waals surface area contributed by atoms with Crippen LogP contribution in [-0.4, -0.2) is 22.6 Å². The number of halogens is 2. The van der Waals surface area contributed by atoms with Crippen LogP contribution in [0, 0.1) is 16.3 Å². The summed E-state index contributed by atoms with van der Waals surface area (Å²) in [7, 11) is 3.07. The maximum atomic E-state index is 14.7. The lowest BCUT2D eigenvalue weighted by atomic mass is 10.1. The highest BCUT2D eigenvalue weighted by atomic mass is 127. The van der Waals surface area contributed by atoms with Gasteiger partial charge in [0.15, 0.2) is 0 Å². The fourth-order valence-electron chi connectivity index (χ4n) is 3.55. The lowest BCUT2D eigenvalue weighted by Gasteiger charge is -2.20. The van der Waals surface area contributed by atoms with E-state index in [0.717, 1.165) is 5.56 Å². The van der Waals surface area contributed by atoms with Gasteiger partial charge in [-0.3, -0.25) is 19.1 Å². The van der Waals surface area contributed by atoms with E-state index in [1.54, 1.807) is 56.6 Å². The number of aromatic nitrogens is 2. The van der Waals surface area contributed by atoms with Crippen LogP contribution >= 0.6 is 22.6 Å². The molecule has 0 aliphatic rings. The Morgan fingerprint density at radius 2 is 1.86 bits per heavy atom. The lowest BCUT2D eigenvalue weighted by molar-refractivity contribution is 0.0948. The summed E-state index contributed by atoms with van der Waals surface area (Å²) in [5.41, 5.74) is 1.11. The van der Waals surface area contributed by atoms with E-state index in [1.165, 1.54) is 23.7 Å². The summed E-state index contributed by atoms with van der Waals surface area (Å²) in [6, 6.07) is 16.4. The zero-order chi connectivity index (χ0) is 26.5. The number of methoxy groups -OCH3 is 1. The van der Waals surface area contributed by atoms with Gasteiger partial charge in [0.1, 0.15) is 34.4 Å². The third-order valence-corrected chi connectivity index (χ3v) is 6.28. The second-order valence-corrected chi connectivity index (χ2v) is 9.34. The molecule has 10 heteroatoms. The van der Waals surface area contributed by atoms with Gasteiger partial charge >= 0.3 is 0 Å². The number of hydrogen-bond donors (Lipinski definition) is 2. The number of ether oxygens (including phenoxy) is 2. The summed E-state index contributed by atoms with van der Waals surface area (Å²) in [5.74, 6) is 0.124. The monoisotopic (exact) mass is 614 g/mol. The summed E-state index contributed by atoms with van der Waals surface area (Å²) in [4.78, 5) is 30.6. The molecular formula is C27H24FIN4O4. The first kappa shape index (κ1) is 26.1. The molecule has 0 bridgehead atoms. The van der Waals surface area contributed by atoms with Gasteiger partial charge in [-0.2, -0.15) is 0 Å². The molecule has 0 saturated carbocycles. The quantitative estimate of drug-likeness (QED) is 0.262. The van der Waals surface area contributed by atoms with Gasteiger partial charge in [-0.1, -0.05) is 12.1 Å². The number of nitrogens with one attached hydrogen (secondary N) is 2. The van der Waals surface area contributed by atoms with Gasteiger partial charge in [0.25, 0.3) is 11.5 Å². The molecule has 4 aromatic rings. The van der Waals surface area contributed by atoms with Crippen LogP contribution in [0.2, 0.25) is 0 Å². The van der Waals surface area contributed by atoms with Crippen LogP contribution in [-0.2, 0) is 13.6 Å². The Morgan fingerprint density at radius 1 is 1.11 bits per heavy atom. The Kier molecular flexibility index (Phi) is 8.07. The standard InChI is InChI=1S/C27H24FIN4O4/c1-16-22(5-4-12-30-16)37-23-14-24(34)33(2)26(32-21-11-8-18(29)13-20(21)28)25(23)27(35)31-15-17-6-9-19(36-3)10-7-17/h4-14,32H,15H2,1-3H3,(H,31,35). The third kappa shape index (κ3) is 6.08. The first-order valence-corrected chi connectivity index (χ1v) is 12.3. The first-order chi connectivity index (χ1) is 17.8. The molecule has 0 aliphatic carbocycles. The number of hydrogen-bond acceptors (Lipinski definition) is 6. The van der Waals surface area contributed by atoms with Gasteiger partial charge < -0.3 is 20.1 Å². The second kappa shape index (κ2) is 11.4. The molecule has 0 fully saturated rings.